The number of nitriles is 1. The molecule has 0 N–H and O–H groups in total. The van der Waals surface area contributed by atoms with Crippen LogP contribution in [0.2, 0.25) is 0 Å². The average Bonchev–Trinajstić information content (AvgIpc) is 1.61. The van der Waals surface area contributed by atoms with Crippen molar-refractivity contribution in [3.8, 4) is 84.2 Å². The summed E-state index contributed by atoms with van der Waals surface area (Å²) in [7, 11) is 0. The van der Waals surface area contributed by atoms with E-state index >= 15 is 0 Å². The van der Waals surface area contributed by atoms with Gasteiger partial charge in [-0.1, -0.05) is 249 Å². The number of rotatable bonds is 8. The molecule has 0 fully saturated rings. The third kappa shape index (κ3) is 7.45. The van der Waals surface area contributed by atoms with Gasteiger partial charge in [-0.2, -0.15) is 5.26 Å². The number of hydrogen-bond donors (Lipinski definition) is 0. The Hall–Kier alpha value is -11.1. The standard InChI is InChI=1S/C80H46N4S2/c1-82-72-70(56-46-54(49-23-7-2-8-24-49)45-55(47-56)50-25-9-3-10-26-50)67(48-81)73(71(53-31-15-6-16-32-53)76(72)83-68-39-19-17-33-59(68)60-34-18-20-40-69(60)83)84-74-61(41-43-65-63-37-21-35-57(77(63)85-79(65)74)51-27-11-4-12-28-51)62-42-44-66-64-38-22-36-58(52-29-13-5-14-30-52)78(64)86-80(66)75(62)84/h2-47H. The predicted molar refractivity (Wildman–Crippen MR) is 364 cm³/mol. The number of benzene rings is 13. The van der Waals surface area contributed by atoms with Crippen LogP contribution in [0, 0.1) is 17.9 Å². The van der Waals surface area contributed by atoms with Crippen LogP contribution < -0.4 is 0 Å². The summed E-state index contributed by atoms with van der Waals surface area (Å²) in [6.07, 6.45) is 0. The van der Waals surface area contributed by atoms with Crippen molar-refractivity contribution in [3.63, 3.8) is 0 Å². The van der Waals surface area contributed by atoms with E-state index in [0.717, 1.165) is 114 Å². The second kappa shape index (κ2) is 19.8. The second-order valence-corrected chi connectivity index (χ2v) is 24.0. The van der Waals surface area contributed by atoms with Crippen LogP contribution in [0.3, 0.4) is 0 Å². The Kier molecular flexibility index (Phi) is 11.4. The highest BCUT2D eigenvalue weighted by Gasteiger charge is 2.34. The Balaban J connectivity index is 1.15. The summed E-state index contributed by atoms with van der Waals surface area (Å²) in [5, 5.41) is 21.8. The lowest BCUT2D eigenvalue weighted by molar-refractivity contribution is 1.14. The van der Waals surface area contributed by atoms with Gasteiger partial charge in [0.1, 0.15) is 6.07 Å². The first-order chi connectivity index (χ1) is 42.6. The lowest BCUT2D eigenvalue weighted by Crippen LogP contribution is -2.09. The molecule has 398 valence electrons. The van der Waals surface area contributed by atoms with Crippen molar-refractivity contribution in [3.05, 3.63) is 296 Å². The molecule has 0 spiro atoms. The SMILES string of the molecule is [C-]#[N+]c1c(-c2cc(-c3ccccc3)cc(-c3ccccc3)c2)c(C#N)c(-n2c3c(ccc4c5cccc(-c6ccccc6)c5sc43)c3ccc4c5cccc(-c6ccccc6)c5sc4c32)c(-c2ccccc2)c1-n1c2ccccc2c2ccccc21. The van der Waals surface area contributed by atoms with E-state index in [2.05, 4.69) is 282 Å². The molecule has 0 aliphatic carbocycles. The fourth-order valence-electron chi connectivity index (χ4n) is 13.7. The number of fused-ring (bicyclic) bond motifs is 14. The number of hydrogen-bond acceptors (Lipinski definition) is 3. The van der Waals surface area contributed by atoms with Crippen LogP contribution in [-0.2, 0) is 0 Å². The van der Waals surface area contributed by atoms with E-state index in [9.17, 15) is 11.8 Å². The molecule has 0 atom stereocenters. The molecule has 4 nitrogen and oxygen atoms in total. The second-order valence-electron chi connectivity index (χ2n) is 22.0. The summed E-state index contributed by atoms with van der Waals surface area (Å²) in [6, 6.07) is 102. The van der Waals surface area contributed by atoms with Crippen molar-refractivity contribution in [2.24, 2.45) is 0 Å². The van der Waals surface area contributed by atoms with Crippen LogP contribution >= 0.6 is 22.7 Å². The van der Waals surface area contributed by atoms with E-state index < -0.39 is 0 Å². The van der Waals surface area contributed by atoms with Crippen LogP contribution in [0.15, 0.2) is 279 Å². The summed E-state index contributed by atoms with van der Waals surface area (Å²) in [6.45, 7) is 9.79. The average molecular weight is 1130 g/mol. The van der Waals surface area contributed by atoms with Gasteiger partial charge < -0.3 is 9.13 Å². The summed E-state index contributed by atoms with van der Waals surface area (Å²) in [5.74, 6) is 0. The van der Waals surface area contributed by atoms with Gasteiger partial charge in [-0.3, -0.25) is 0 Å². The van der Waals surface area contributed by atoms with E-state index in [1.807, 2.05) is 34.8 Å². The maximum atomic E-state index is 12.8. The number of aromatic nitrogens is 2. The molecule has 0 unspecified atom stereocenters. The highest BCUT2D eigenvalue weighted by atomic mass is 32.1. The van der Waals surface area contributed by atoms with Crippen molar-refractivity contribution < 1.29 is 0 Å². The molecule has 4 heterocycles. The van der Waals surface area contributed by atoms with E-state index in [0.29, 0.717) is 28.2 Å². The van der Waals surface area contributed by atoms with Gasteiger partial charge in [-0.25, -0.2) is 4.85 Å². The Bertz CT molecular complexity index is 5420. The maximum Gasteiger partial charge on any atom is 0.220 e. The van der Waals surface area contributed by atoms with Gasteiger partial charge in [0.05, 0.1) is 55.0 Å². The first-order valence-electron chi connectivity index (χ1n) is 28.8. The Morgan fingerprint density at radius 1 is 0.314 bits per heavy atom. The van der Waals surface area contributed by atoms with Crippen molar-refractivity contribution >= 4 is 112 Å². The summed E-state index contributed by atoms with van der Waals surface area (Å²) < 4.78 is 9.44. The fourth-order valence-corrected chi connectivity index (χ4v) is 16.4. The van der Waals surface area contributed by atoms with Crippen LogP contribution in [0.1, 0.15) is 5.56 Å². The number of thiophene rings is 2. The van der Waals surface area contributed by atoms with E-state index in [4.69, 9.17) is 4.85 Å². The minimum absolute atomic E-state index is 0.389. The maximum absolute atomic E-state index is 12.8. The Morgan fingerprint density at radius 2 is 0.698 bits per heavy atom. The van der Waals surface area contributed by atoms with Gasteiger partial charge in [-0.15, -0.1) is 22.7 Å². The monoisotopic (exact) mass is 1130 g/mol. The third-order valence-electron chi connectivity index (χ3n) is 17.4. The lowest BCUT2D eigenvalue weighted by atomic mass is 9.86. The van der Waals surface area contributed by atoms with Crippen molar-refractivity contribution in [1.82, 2.24) is 9.13 Å². The van der Waals surface area contributed by atoms with Gasteiger partial charge in [0.25, 0.3) is 0 Å². The molecule has 17 aromatic rings. The van der Waals surface area contributed by atoms with Crippen molar-refractivity contribution in [2.75, 3.05) is 0 Å². The van der Waals surface area contributed by atoms with E-state index in [1.54, 1.807) is 0 Å². The number of nitrogens with zero attached hydrogens (tertiary/aromatic N) is 4. The van der Waals surface area contributed by atoms with Gasteiger partial charge >= 0.3 is 0 Å². The molecular weight excluding hydrogens is 1080 g/mol. The minimum Gasteiger partial charge on any atom is -0.318 e. The lowest BCUT2D eigenvalue weighted by Gasteiger charge is -2.26. The summed E-state index contributed by atoms with van der Waals surface area (Å²) in [5.41, 5.74) is 17.9. The third-order valence-corrected chi connectivity index (χ3v) is 19.9. The van der Waals surface area contributed by atoms with Gasteiger partial charge in [0.15, 0.2) is 0 Å². The molecule has 0 radical (unpaired) electrons. The first kappa shape index (κ1) is 49.5. The highest BCUT2D eigenvalue weighted by molar-refractivity contribution is 7.28. The zero-order valence-corrected chi connectivity index (χ0v) is 47.8. The predicted octanol–water partition coefficient (Wildman–Crippen LogP) is 23.0. The molecule has 13 aromatic carbocycles. The molecule has 17 rings (SSSR count). The van der Waals surface area contributed by atoms with E-state index in [1.165, 1.54) is 31.3 Å². The van der Waals surface area contributed by atoms with Crippen LogP contribution in [0.5, 0.6) is 0 Å². The smallest absolute Gasteiger partial charge is 0.220 e. The van der Waals surface area contributed by atoms with Gasteiger partial charge in [0, 0.05) is 63.6 Å². The topological polar surface area (TPSA) is 38.0 Å². The largest absolute Gasteiger partial charge is 0.318 e. The van der Waals surface area contributed by atoms with Gasteiger partial charge in [-0.05, 0) is 86.0 Å². The number of para-hydroxylation sites is 2. The zero-order valence-electron chi connectivity index (χ0n) is 46.2. The van der Waals surface area contributed by atoms with Gasteiger partial charge in [0.2, 0.25) is 5.69 Å². The first-order valence-corrected chi connectivity index (χ1v) is 30.5. The molecule has 0 aliphatic heterocycles. The van der Waals surface area contributed by atoms with Crippen molar-refractivity contribution in [1.29, 1.82) is 5.26 Å². The quantitative estimate of drug-likeness (QED) is 0.140. The molecule has 0 aliphatic rings. The molecule has 4 aromatic heterocycles. The molecule has 0 bridgehead atoms. The highest BCUT2D eigenvalue weighted by Crippen LogP contribution is 2.56. The Labute approximate surface area is 503 Å². The minimum atomic E-state index is 0.389. The van der Waals surface area contributed by atoms with Crippen LogP contribution in [0.4, 0.5) is 5.69 Å². The summed E-state index contributed by atoms with van der Waals surface area (Å²) in [4.78, 5) is 4.77. The molecule has 0 saturated heterocycles. The Morgan fingerprint density at radius 3 is 1.15 bits per heavy atom. The van der Waals surface area contributed by atoms with Crippen LogP contribution in [0.25, 0.3) is 167 Å². The molecule has 6 heteroatoms. The fraction of sp³-hybridized carbons (Fsp3) is 0. The molecular formula is C80H46N4S2. The van der Waals surface area contributed by atoms with E-state index in [-0.39, 0.29) is 0 Å². The molecule has 0 saturated carbocycles. The van der Waals surface area contributed by atoms with Crippen molar-refractivity contribution in [2.45, 2.75) is 0 Å². The zero-order chi connectivity index (χ0) is 57.0. The molecule has 86 heavy (non-hydrogen) atoms. The normalized spacial score (nSPS) is 11.7. The van der Waals surface area contributed by atoms with Crippen LogP contribution in [-0.4, -0.2) is 9.13 Å². The molecule has 0 amide bonds. The summed E-state index contributed by atoms with van der Waals surface area (Å²) >= 11 is 3.64.